The first-order chi connectivity index (χ1) is 14.3. The molecule has 3 rings (SSSR count). The van der Waals surface area contributed by atoms with E-state index in [9.17, 15) is 9.59 Å². The molecule has 0 unspecified atom stereocenters. The Morgan fingerprint density at radius 3 is 1.20 bits per heavy atom. The number of carbonyl (C=O) groups excluding carboxylic acids is 2. The first-order valence-electron chi connectivity index (χ1n) is 11.4. The quantitative estimate of drug-likeness (QED) is 0.743. The van der Waals surface area contributed by atoms with Gasteiger partial charge in [0.25, 0.3) is 0 Å². The number of nitrogens with zero attached hydrogens (tertiary/aromatic N) is 2. The van der Waals surface area contributed by atoms with Crippen LogP contribution in [0.3, 0.4) is 0 Å². The van der Waals surface area contributed by atoms with Gasteiger partial charge in [-0.05, 0) is 104 Å². The average molecular weight is 415 g/mol. The summed E-state index contributed by atoms with van der Waals surface area (Å²) in [5.74, 6) is 0.416. The van der Waals surface area contributed by atoms with Gasteiger partial charge in [-0.3, -0.25) is 9.59 Å². The van der Waals surface area contributed by atoms with Crippen LogP contribution in [0.2, 0.25) is 0 Å². The largest absolute Gasteiger partial charge is 0.326 e. The summed E-state index contributed by atoms with van der Waals surface area (Å²) < 4.78 is 0. The lowest BCUT2D eigenvalue weighted by atomic mass is 9.85. The van der Waals surface area contributed by atoms with E-state index in [-0.39, 0.29) is 23.7 Å². The van der Waals surface area contributed by atoms with Crippen molar-refractivity contribution in [1.82, 2.24) is 9.80 Å². The number of nitrogens with one attached hydrogen (secondary N) is 2. The predicted octanol–water partition coefficient (Wildman–Crippen LogP) is 3.80. The molecule has 166 valence electrons. The van der Waals surface area contributed by atoms with E-state index in [2.05, 4.69) is 48.6 Å². The molecule has 2 aliphatic rings. The molecule has 2 aliphatic carbocycles. The molecule has 0 aliphatic heterocycles. The SMILES string of the molecule is CN(C)C1CCC(C(=O)Nc2ccc(NC(=O)C3CCC(N(C)C)CC3)cc2)CC1. The molecular weight excluding hydrogens is 376 g/mol. The van der Waals surface area contributed by atoms with Gasteiger partial charge in [0.1, 0.15) is 0 Å². The minimum atomic E-state index is 0.0953. The van der Waals surface area contributed by atoms with E-state index in [1.54, 1.807) is 0 Å². The number of rotatable bonds is 6. The Hall–Kier alpha value is -1.92. The van der Waals surface area contributed by atoms with E-state index in [0.717, 1.165) is 62.7 Å². The van der Waals surface area contributed by atoms with Crippen molar-refractivity contribution in [1.29, 1.82) is 0 Å². The third-order valence-electron chi connectivity index (χ3n) is 7.02. The van der Waals surface area contributed by atoms with Gasteiger partial charge >= 0.3 is 0 Å². The monoisotopic (exact) mass is 414 g/mol. The van der Waals surface area contributed by atoms with Crippen LogP contribution in [-0.2, 0) is 9.59 Å². The fourth-order valence-corrected chi connectivity index (χ4v) is 4.83. The fourth-order valence-electron chi connectivity index (χ4n) is 4.83. The summed E-state index contributed by atoms with van der Waals surface area (Å²) in [7, 11) is 8.45. The van der Waals surface area contributed by atoms with Gasteiger partial charge in [0.05, 0.1) is 0 Å². The Kier molecular flexibility index (Phi) is 7.89. The number of amides is 2. The molecule has 2 fully saturated rings. The fraction of sp³-hybridized carbons (Fsp3) is 0.667. The molecule has 0 atom stereocenters. The number of benzene rings is 1. The average Bonchev–Trinajstić information content (AvgIpc) is 2.75. The highest BCUT2D eigenvalue weighted by atomic mass is 16.2. The maximum Gasteiger partial charge on any atom is 0.227 e. The molecule has 0 heterocycles. The molecule has 0 saturated heterocycles. The summed E-state index contributed by atoms with van der Waals surface area (Å²) in [6.07, 6.45) is 8.08. The molecule has 2 saturated carbocycles. The molecule has 0 aromatic heterocycles. The minimum Gasteiger partial charge on any atom is -0.326 e. The van der Waals surface area contributed by atoms with Gasteiger partial charge in [0.2, 0.25) is 11.8 Å². The lowest BCUT2D eigenvalue weighted by molar-refractivity contribution is -0.121. The van der Waals surface area contributed by atoms with E-state index >= 15 is 0 Å². The minimum absolute atomic E-state index is 0.0953. The zero-order valence-electron chi connectivity index (χ0n) is 19.0. The normalized spacial score (nSPS) is 27.1. The zero-order chi connectivity index (χ0) is 21.7. The molecule has 2 N–H and O–H groups in total. The van der Waals surface area contributed by atoms with E-state index in [1.807, 2.05) is 24.3 Å². The standard InChI is InChI=1S/C24H38N4O2/c1-27(2)21-13-5-17(6-14-21)23(29)25-19-9-11-20(12-10-19)26-24(30)18-7-15-22(16-8-18)28(3)4/h9-12,17-18,21-22H,5-8,13-16H2,1-4H3,(H,25,29)(H,26,30). The van der Waals surface area contributed by atoms with Crippen LogP contribution in [-0.4, -0.2) is 61.9 Å². The molecule has 1 aromatic carbocycles. The maximum absolute atomic E-state index is 12.6. The molecule has 2 amide bonds. The predicted molar refractivity (Wildman–Crippen MR) is 123 cm³/mol. The van der Waals surface area contributed by atoms with Crippen molar-refractivity contribution in [2.45, 2.75) is 63.5 Å². The van der Waals surface area contributed by atoms with Crippen LogP contribution in [0.15, 0.2) is 24.3 Å². The second-order valence-corrected chi connectivity index (χ2v) is 9.49. The number of carbonyl (C=O) groups is 2. The van der Waals surface area contributed by atoms with Crippen LogP contribution in [0.5, 0.6) is 0 Å². The lowest BCUT2D eigenvalue weighted by Gasteiger charge is -2.32. The van der Waals surface area contributed by atoms with Crippen molar-refractivity contribution in [2.75, 3.05) is 38.8 Å². The highest BCUT2D eigenvalue weighted by molar-refractivity contribution is 5.94. The van der Waals surface area contributed by atoms with Crippen LogP contribution in [0.4, 0.5) is 11.4 Å². The van der Waals surface area contributed by atoms with Crippen molar-refractivity contribution in [3.63, 3.8) is 0 Å². The second kappa shape index (κ2) is 10.4. The Morgan fingerprint density at radius 1 is 0.633 bits per heavy atom. The van der Waals surface area contributed by atoms with Gasteiger partial charge in [0, 0.05) is 35.3 Å². The van der Waals surface area contributed by atoms with E-state index in [0.29, 0.717) is 12.1 Å². The van der Waals surface area contributed by atoms with E-state index < -0.39 is 0 Å². The summed E-state index contributed by atoms with van der Waals surface area (Å²) in [5.41, 5.74) is 1.58. The van der Waals surface area contributed by atoms with Crippen LogP contribution in [0.25, 0.3) is 0 Å². The van der Waals surface area contributed by atoms with Crippen molar-refractivity contribution >= 4 is 23.2 Å². The van der Waals surface area contributed by atoms with Crippen LogP contribution in [0, 0.1) is 11.8 Å². The first-order valence-corrected chi connectivity index (χ1v) is 11.4. The van der Waals surface area contributed by atoms with Gasteiger partial charge < -0.3 is 20.4 Å². The summed E-state index contributed by atoms with van der Waals surface area (Å²) in [6, 6.07) is 8.69. The smallest absolute Gasteiger partial charge is 0.227 e. The van der Waals surface area contributed by atoms with Crippen molar-refractivity contribution in [3.8, 4) is 0 Å². The first kappa shape index (κ1) is 22.8. The molecule has 6 nitrogen and oxygen atoms in total. The molecule has 0 spiro atoms. The summed E-state index contributed by atoms with van der Waals surface area (Å²) in [4.78, 5) is 29.7. The van der Waals surface area contributed by atoms with Gasteiger partial charge in [-0.1, -0.05) is 0 Å². The van der Waals surface area contributed by atoms with Crippen LogP contribution < -0.4 is 10.6 Å². The van der Waals surface area contributed by atoms with Crippen LogP contribution in [0.1, 0.15) is 51.4 Å². The molecule has 0 bridgehead atoms. The third kappa shape index (κ3) is 6.05. The summed E-state index contributed by atoms with van der Waals surface area (Å²) in [6.45, 7) is 0. The highest BCUT2D eigenvalue weighted by Crippen LogP contribution is 2.29. The maximum atomic E-state index is 12.6. The Bertz CT molecular complexity index is 639. The lowest BCUT2D eigenvalue weighted by Crippen LogP contribution is -2.35. The molecule has 0 radical (unpaired) electrons. The van der Waals surface area contributed by atoms with Gasteiger partial charge in [-0.25, -0.2) is 0 Å². The molecule has 6 heteroatoms. The van der Waals surface area contributed by atoms with Gasteiger partial charge in [-0.2, -0.15) is 0 Å². The number of anilines is 2. The Balaban J connectivity index is 1.45. The summed E-state index contributed by atoms with van der Waals surface area (Å²) in [5, 5.41) is 6.09. The van der Waals surface area contributed by atoms with Crippen molar-refractivity contribution in [3.05, 3.63) is 24.3 Å². The topological polar surface area (TPSA) is 64.7 Å². The molecule has 1 aromatic rings. The third-order valence-corrected chi connectivity index (χ3v) is 7.02. The van der Waals surface area contributed by atoms with E-state index in [1.165, 1.54) is 0 Å². The molecule has 30 heavy (non-hydrogen) atoms. The Labute approximate surface area is 181 Å². The Morgan fingerprint density at radius 2 is 0.933 bits per heavy atom. The van der Waals surface area contributed by atoms with Crippen molar-refractivity contribution in [2.24, 2.45) is 11.8 Å². The summed E-state index contributed by atoms with van der Waals surface area (Å²) >= 11 is 0. The van der Waals surface area contributed by atoms with Gasteiger partial charge in [-0.15, -0.1) is 0 Å². The number of hydrogen-bond donors (Lipinski definition) is 2. The van der Waals surface area contributed by atoms with E-state index in [4.69, 9.17) is 0 Å². The van der Waals surface area contributed by atoms with Crippen molar-refractivity contribution < 1.29 is 9.59 Å². The highest BCUT2D eigenvalue weighted by Gasteiger charge is 2.28. The second-order valence-electron chi connectivity index (χ2n) is 9.49. The zero-order valence-corrected chi connectivity index (χ0v) is 19.0. The van der Waals surface area contributed by atoms with Crippen LogP contribution >= 0.6 is 0 Å². The van der Waals surface area contributed by atoms with Gasteiger partial charge in [0.15, 0.2) is 0 Å². The molecular formula is C24H38N4O2. The number of hydrogen-bond acceptors (Lipinski definition) is 4.